The van der Waals surface area contributed by atoms with E-state index in [-0.39, 0.29) is 11.5 Å². The molecule has 8 heteroatoms. The van der Waals surface area contributed by atoms with Gasteiger partial charge in [0.2, 0.25) is 5.95 Å². The fourth-order valence-electron chi connectivity index (χ4n) is 2.13. The quantitative estimate of drug-likeness (QED) is 0.688. The Bertz CT molecular complexity index is 923. The van der Waals surface area contributed by atoms with E-state index >= 15 is 0 Å². The van der Waals surface area contributed by atoms with Crippen molar-refractivity contribution in [2.75, 3.05) is 17.7 Å². The van der Waals surface area contributed by atoms with Gasteiger partial charge in [-0.2, -0.15) is 0 Å². The second-order valence-corrected chi connectivity index (χ2v) is 4.90. The molecule has 0 atom stereocenters. The minimum Gasteiger partial charge on any atom is -0.453 e. The number of H-pyrrole nitrogens is 1. The van der Waals surface area contributed by atoms with Crippen LogP contribution >= 0.6 is 0 Å². The van der Waals surface area contributed by atoms with Crippen LogP contribution in [0, 0.1) is 5.82 Å². The van der Waals surface area contributed by atoms with E-state index < -0.39 is 17.8 Å². The predicted molar refractivity (Wildman–Crippen MR) is 86.5 cm³/mol. The number of rotatable bonds is 3. The molecule has 2 aromatic carbocycles. The van der Waals surface area contributed by atoms with E-state index in [1.54, 1.807) is 18.2 Å². The van der Waals surface area contributed by atoms with Crippen LogP contribution in [0.15, 0.2) is 42.5 Å². The summed E-state index contributed by atoms with van der Waals surface area (Å²) < 4.78 is 17.7. The van der Waals surface area contributed by atoms with E-state index in [9.17, 15) is 14.0 Å². The molecule has 0 unspecified atom stereocenters. The maximum atomic E-state index is 13.2. The van der Waals surface area contributed by atoms with Crippen LogP contribution in [0.5, 0.6) is 0 Å². The zero-order chi connectivity index (χ0) is 17.1. The van der Waals surface area contributed by atoms with Gasteiger partial charge in [0.05, 0.1) is 18.1 Å². The Hall–Kier alpha value is -3.42. The first-order valence-electron chi connectivity index (χ1n) is 6.97. The molecule has 0 aliphatic heterocycles. The van der Waals surface area contributed by atoms with Crippen LogP contribution in [-0.4, -0.2) is 29.1 Å². The Morgan fingerprint density at radius 1 is 1.17 bits per heavy atom. The van der Waals surface area contributed by atoms with E-state index in [0.717, 1.165) is 6.07 Å². The molecule has 1 aromatic heterocycles. The molecule has 0 fully saturated rings. The van der Waals surface area contributed by atoms with Crippen LogP contribution in [0.1, 0.15) is 10.4 Å². The first-order valence-corrected chi connectivity index (χ1v) is 6.97. The van der Waals surface area contributed by atoms with E-state index in [0.29, 0.717) is 16.7 Å². The third-order valence-electron chi connectivity index (χ3n) is 3.23. The Morgan fingerprint density at radius 3 is 2.75 bits per heavy atom. The standard InChI is InChI=1S/C16H13FN4O3/c1-24-16(23)21-15-19-12-6-5-11(8-13(12)20-15)18-14(22)9-3-2-4-10(17)7-9/h2-8H,1H3,(H,18,22)(H2,19,20,21,23). The van der Waals surface area contributed by atoms with Gasteiger partial charge in [0.1, 0.15) is 5.82 Å². The lowest BCUT2D eigenvalue weighted by atomic mass is 10.2. The van der Waals surface area contributed by atoms with Gasteiger partial charge >= 0.3 is 6.09 Å². The van der Waals surface area contributed by atoms with Crippen molar-refractivity contribution in [3.8, 4) is 0 Å². The smallest absolute Gasteiger partial charge is 0.413 e. The zero-order valence-corrected chi connectivity index (χ0v) is 12.6. The number of carbonyl (C=O) groups excluding carboxylic acids is 2. The first-order chi connectivity index (χ1) is 11.5. The van der Waals surface area contributed by atoms with Gasteiger partial charge in [0.15, 0.2) is 0 Å². The molecule has 2 amide bonds. The third kappa shape index (κ3) is 3.32. The van der Waals surface area contributed by atoms with Gasteiger partial charge in [0, 0.05) is 11.3 Å². The summed E-state index contributed by atoms with van der Waals surface area (Å²) in [6.07, 6.45) is -0.645. The van der Waals surface area contributed by atoms with Crippen molar-refractivity contribution < 1.29 is 18.7 Å². The highest BCUT2D eigenvalue weighted by atomic mass is 19.1. The fraction of sp³-hybridized carbons (Fsp3) is 0.0625. The van der Waals surface area contributed by atoms with Crippen molar-refractivity contribution in [1.82, 2.24) is 9.97 Å². The number of anilines is 2. The molecule has 7 nitrogen and oxygen atoms in total. The normalized spacial score (nSPS) is 10.4. The number of nitrogens with one attached hydrogen (secondary N) is 3. The number of methoxy groups -OCH3 is 1. The SMILES string of the molecule is COC(=O)Nc1nc2ccc(NC(=O)c3cccc(F)c3)cc2[nH]1. The molecule has 0 aliphatic carbocycles. The summed E-state index contributed by atoms with van der Waals surface area (Å²) >= 11 is 0. The van der Waals surface area contributed by atoms with E-state index in [1.807, 2.05) is 0 Å². The molecule has 1 heterocycles. The maximum Gasteiger partial charge on any atom is 0.413 e. The van der Waals surface area contributed by atoms with Crippen LogP contribution in [0.3, 0.4) is 0 Å². The predicted octanol–water partition coefficient (Wildman–Crippen LogP) is 3.13. The maximum absolute atomic E-state index is 13.2. The lowest BCUT2D eigenvalue weighted by Gasteiger charge is -2.05. The van der Waals surface area contributed by atoms with Gasteiger partial charge < -0.3 is 15.0 Å². The van der Waals surface area contributed by atoms with Gasteiger partial charge in [-0.3, -0.25) is 10.1 Å². The zero-order valence-electron chi connectivity index (χ0n) is 12.6. The Balaban J connectivity index is 1.80. The van der Waals surface area contributed by atoms with Crippen LogP contribution in [0.25, 0.3) is 11.0 Å². The average molecular weight is 328 g/mol. The lowest BCUT2D eigenvalue weighted by molar-refractivity contribution is 0.102. The summed E-state index contributed by atoms with van der Waals surface area (Å²) in [5.74, 6) is -0.683. The fourth-order valence-corrected chi connectivity index (χ4v) is 2.13. The van der Waals surface area contributed by atoms with Crippen molar-refractivity contribution in [2.24, 2.45) is 0 Å². The van der Waals surface area contributed by atoms with Crippen molar-refractivity contribution in [2.45, 2.75) is 0 Å². The number of amides is 2. The molecule has 0 saturated carbocycles. The lowest BCUT2D eigenvalue weighted by Crippen LogP contribution is -2.12. The number of benzene rings is 2. The van der Waals surface area contributed by atoms with Crippen LogP contribution < -0.4 is 10.6 Å². The third-order valence-corrected chi connectivity index (χ3v) is 3.23. The molecule has 24 heavy (non-hydrogen) atoms. The molecule has 0 radical (unpaired) electrons. The van der Waals surface area contributed by atoms with Crippen molar-refractivity contribution in [3.63, 3.8) is 0 Å². The summed E-state index contributed by atoms with van der Waals surface area (Å²) in [6.45, 7) is 0. The monoisotopic (exact) mass is 328 g/mol. The van der Waals surface area contributed by atoms with Gasteiger partial charge in [0.25, 0.3) is 5.91 Å². The molecule has 122 valence electrons. The van der Waals surface area contributed by atoms with E-state index in [4.69, 9.17) is 0 Å². The number of ether oxygens (including phenoxy) is 1. The highest BCUT2D eigenvalue weighted by Crippen LogP contribution is 2.20. The minimum absolute atomic E-state index is 0.216. The summed E-state index contributed by atoms with van der Waals surface area (Å²) in [5.41, 5.74) is 1.93. The number of nitrogens with zero attached hydrogens (tertiary/aromatic N) is 1. The molecule has 0 saturated heterocycles. The van der Waals surface area contributed by atoms with Gasteiger partial charge in [-0.1, -0.05) is 6.07 Å². The topological polar surface area (TPSA) is 96.1 Å². The van der Waals surface area contributed by atoms with Crippen LogP contribution in [0.2, 0.25) is 0 Å². The number of hydrogen-bond acceptors (Lipinski definition) is 4. The van der Waals surface area contributed by atoms with Gasteiger partial charge in [-0.25, -0.2) is 14.2 Å². The average Bonchev–Trinajstić information content (AvgIpc) is 2.96. The Morgan fingerprint density at radius 2 is 2.00 bits per heavy atom. The molecular weight excluding hydrogens is 315 g/mol. The summed E-state index contributed by atoms with van der Waals surface area (Å²) in [5, 5.41) is 5.09. The number of carbonyl (C=O) groups is 2. The number of hydrogen-bond donors (Lipinski definition) is 3. The van der Waals surface area contributed by atoms with Gasteiger partial charge in [-0.15, -0.1) is 0 Å². The summed E-state index contributed by atoms with van der Waals surface area (Å²) in [7, 11) is 1.25. The van der Waals surface area contributed by atoms with Crippen molar-refractivity contribution in [1.29, 1.82) is 0 Å². The molecule has 3 N–H and O–H groups in total. The first kappa shape index (κ1) is 15.5. The highest BCUT2D eigenvalue weighted by Gasteiger charge is 2.10. The molecule has 0 aliphatic rings. The highest BCUT2D eigenvalue weighted by molar-refractivity contribution is 6.05. The van der Waals surface area contributed by atoms with E-state index in [2.05, 4.69) is 25.3 Å². The molecule has 0 spiro atoms. The molecular formula is C16H13FN4O3. The van der Waals surface area contributed by atoms with Crippen LogP contribution in [0.4, 0.5) is 20.8 Å². The molecule has 3 aromatic rings. The number of aromatic amines is 1. The number of fused-ring (bicyclic) bond motifs is 1. The number of aromatic nitrogens is 2. The summed E-state index contributed by atoms with van der Waals surface area (Å²) in [4.78, 5) is 30.3. The minimum atomic E-state index is -0.645. The summed E-state index contributed by atoms with van der Waals surface area (Å²) in [6, 6.07) is 10.4. The number of imidazole rings is 1. The second kappa shape index (κ2) is 6.37. The molecule has 0 bridgehead atoms. The Labute approximate surface area is 135 Å². The van der Waals surface area contributed by atoms with Crippen molar-refractivity contribution in [3.05, 3.63) is 53.8 Å². The van der Waals surface area contributed by atoms with E-state index in [1.165, 1.54) is 25.3 Å². The largest absolute Gasteiger partial charge is 0.453 e. The van der Waals surface area contributed by atoms with Gasteiger partial charge in [-0.05, 0) is 36.4 Å². The second-order valence-electron chi connectivity index (χ2n) is 4.90. The number of halogens is 1. The van der Waals surface area contributed by atoms with Crippen molar-refractivity contribution >= 4 is 34.7 Å². The Kier molecular flexibility index (Phi) is 4.11. The molecule has 3 rings (SSSR count). The van der Waals surface area contributed by atoms with Crippen LogP contribution in [-0.2, 0) is 4.74 Å².